The highest BCUT2D eigenvalue weighted by Crippen LogP contribution is 2.19. The maximum Gasteiger partial charge on any atom is 0.126 e. The van der Waals surface area contributed by atoms with Crippen molar-refractivity contribution in [2.75, 3.05) is 5.73 Å². The van der Waals surface area contributed by atoms with Crippen molar-refractivity contribution < 1.29 is 0 Å². The quantitative estimate of drug-likeness (QED) is 0.546. The van der Waals surface area contributed by atoms with Crippen molar-refractivity contribution in [2.24, 2.45) is 5.84 Å². The number of nitrogen functional groups attached to an aromatic ring is 1. The Bertz CT molecular complexity index is 470. The van der Waals surface area contributed by atoms with Gasteiger partial charge in [0, 0.05) is 6.20 Å². The van der Waals surface area contributed by atoms with Crippen LogP contribution in [0.1, 0.15) is 17.2 Å². The van der Waals surface area contributed by atoms with Crippen LogP contribution in [-0.2, 0) is 6.42 Å². The fourth-order valence-electron chi connectivity index (χ4n) is 1.80. The second-order valence-electron chi connectivity index (χ2n) is 3.88. The van der Waals surface area contributed by atoms with Crippen LogP contribution in [0.3, 0.4) is 0 Å². The zero-order chi connectivity index (χ0) is 12.1. The number of benzene rings is 1. The van der Waals surface area contributed by atoms with Crippen LogP contribution in [0.5, 0.6) is 0 Å². The van der Waals surface area contributed by atoms with E-state index in [2.05, 4.69) is 10.4 Å². The predicted octanol–water partition coefficient (Wildman–Crippen LogP) is 1.41. The molecule has 0 saturated carbocycles. The van der Waals surface area contributed by atoms with E-state index in [1.807, 2.05) is 42.5 Å². The van der Waals surface area contributed by atoms with Crippen molar-refractivity contribution in [3.8, 4) is 0 Å². The van der Waals surface area contributed by atoms with E-state index < -0.39 is 0 Å². The lowest BCUT2D eigenvalue weighted by Crippen LogP contribution is -2.29. The molecule has 4 heteroatoms. The van der Waals surface area contributed by atoms with E-state index in [4.69, 9.17) is 11.6 Å². The summed E-state index contributed by atoms with van der Waals surface area (Å²) in [5.74, 6) is 6.15. The molecule has 0 aliphatic carbocycles. The zero-order valence-electron chi connectivity index (χ0n) is 9.51. The van der Waals surface area contributed by atoms with E-state index in [0.717, 1.165) is 17.5 Å². The summed E-state index contributed by atoms with van der Waals surface area (Å²) in [6.45, 7) is 0. The monoisotopic (exact) mass is 228 g/mol. The Labute approximate surface area is 101 Å². The maximum absolute atomic E-state index is 5.82. The summed E-state index contributed by atoms with van der Waals surface area (Å²) in [6.07, 6.45) is 2.41. The highest BCUT2D eigenvalue weighted by molar-refractivity contribution is 5.39. The molecular weight excluding hydrogens is 212 g/mol. The first-order valence-corrected chi connectivity index (χ1v) is 5.51. The molecular formula is C13H16N4. The van der Waals surface area contributed by atoms with Gasteiger partial charge in [-0.05, 0) is 23.6 Å². The van der Waals surface area contributed by atoms with E-state index in [1.54, 1.807) is 6.20 Å². The first-order valence-electron chi connectivity index (χ1n) is 5.51. The first-order chi connectivity index (χ1) is 8.31. The molecule has 0 saturated heterocycles. The predicted molar refractivity (Wildman–Crippen MR) is 68.9 cm³/mol. The summed E-state index contributed by atoms with van der Waals surface area (Å²) in [6, 6.07) is 13.9. The second kappa shape index (κ2) is 5.43. The van der Waals surface area contributed by atoms with Crippen LogP contribution in [0.2, 0.25) is 0 Å². The van der Waals surface area contributed by atoms with Crippen molar-refractivity contribution in [3.63, 3.8) is 0 Å². The number of hydrazine groups is 1. The van der Waals surface area contributed by atoms with Gasteiger partial charge in [-0.3, -0.25) is 11.3 Å². The minimum Gasteiger partial charge on any atom is -0.383 e. The molecule has 2 rings (SSSR count). The Morgan fingerprint density at radius 1 is 1.12 bits per heavy atom. The first kappa shape index (κ1) is 11.6. The summed E-state index contributed by atoms with van der Waals surface area (Å²) < 4.78 is 0. The lowest BCUT2D eigenvalue weighted by molar-refractivity contribution is 0.552. The number of hydrogen-bond donors (Lipinski definition) is 3. The van der Waals surface area contributed by atoms with Gasteiger partial charge in [0.1, 0.15) is 5.82 Å². The van der Waals surface area contributed by atoms with E-state index in [-0.39, 0.29) is 6.04 Å². The Morgan fingerprint density at radius 2 is 1.88 bits per heavy atom. The topological polar surface area (TPSA) is 77.0 Å². The molecule has 1 atom stereocenters. The Balaban J connectivity index is 2.19. The molecule has 0 aliphatic rings. The summed E-state index contributed by atoms with van der Waals surface area (Å²) in [7, 11) is 0. The van der Waals surface area contributed by atoms with Crippen molar-refractivity contribution in [2.45, 2.75) is 12.5 Å². The number of aromatic nitrogens is 1. The minimum absolute atomic E-state index is 0.0442. The van der Waals surface area contributed by atoms with Crippen LogP contribution in [0.25, 0.3) is 0 Å². The number of rotatable bonds is 4. The van der Waals surface area contributed by atoms with E-state index in [1.165, 1.54) is 0 Å². The molecule has 0 spiro atoms. The Hall–Kier alpha value is -1.91. The molecule has 0 amide bonds. The molecule has 2 aromatic rings. The normalized spacial score (nSPS) is 12.3. The van der Waals surface area contributed by atoms with E-state index in [0.29, 0.717) is 5.82 Å². The minimum atomic E-state index is 0.0442. The van der Waals surface area contributed by atoms with Gasteiger partial charge >= 0.3 is 0 Å². The van der Waals surface area contributed by atoms with Crippen molar-refractivity contribution in [3.05, 3.63) is 59.8 Å². The van der Waals surface area contributed by atoms with Crippen molar-refractivity contribution in [1.29, 1.82) is 0 Å². The molecule has 17 heavy (non-hydrogen) atoms. The van der Waals surface area contributed by atoms with Gasteiger partial charge in [-0.25, -0.2) is 4.98 Å². The van der Waals surface area contributed by atoms with Crippen LogP contribution >= 0.6 is 0 Å². The Morgan fingerprint density at radius 3 is 2.53 bits per heavy atom. The van der Waals surface area contributed by atoms with Crippen molar-refractivity contribution in [1.82, 2.24) is 10.4 Å². The van der Waals surface area contributed by atoms with Crippen molar-refractivity contribution >= 4 is 5.82 Å². The number of nitrogens with zero attached hydrogens (tertiary/aromatic N) is 1. The third kappa shape index (κ3) is 2.81. The van der Waals surface area contributed by atoms with Gasteiger partial charge in [-0.2, -0.15) is 0 Å². The van der Waals surface area contributed by atoms with Crippen LogP contribution in [0.15, 0.2) is 48.7 Å². The van der Waals surface area contributed by atoms with Gasteiger partial charge in [-0.1, -0.05) is 36.4 Å². The number of nitrogens with one attached hydrogen (secondary N) is 1. The molecule has 88 valence electrons. The average molecular weight is 228 g/mol. The number of nitrogens with two attached hydrogens (primary N) is 2. The Kier molecular flexibility index (Phi) is 3.69. The van der Waals surface area contributed by atoms with Crippen LogP contribution in [-0.4, -0.2) is 4.98 Å². The molecule has 1 aromatic heterocycles. The summed E-state index contributed by atoms with van der Waals surface area (Å²) in [5, 5.41) is 0. The average Bonchev–Trinajstić information content (AvgIpc) is 2.39. The van der Waals surface area contributed by atoms with Gasteiger partial charge in [0.15, 0.2) is 0 Å². The molecule has 0 aliphatic heterocycles. The number of pyridine rings is 1. The molecule has 5 N–H and O–H groups in total. The van der Waals surface area contributed by atoms with Crippen LogP contribution in [0, 0.1) is 0 Å². The van der Waals surface area contributed by atoms with E-state index in [9.17, 15) is 0 Å². The van der Waals surface area contributed by atoms with E-state index >= 15 is 0 Å². The van der Waals surface area contributed by atoms with Gasteiger partial charge in [0.25, 0.3) is 0 Å². The maximum atomic E-state index is 5.82. The zero-order valence-corrected chi connectivity index (χ0v) is 9.51. The third-order valence-corrected chi connectivity index (χ3v) is 2.75. The molecule has 1 aromatic carbocycles. The molecule has 1 heterocycles. The number of hydrogen-bond acceptors (Lipinski definition) is 4. The summed E-state index contributed by atoms with van der Waals surface area (Å²) in [5.41, 5.74) is 10.8. The van der Waals surface area contributed by atoms with Gasteiger partial charge < -0.3 is 5.73 Å². The molecule has 0 bridgehead atoms. The van der Waals surface area contributed by atoms with Crippen LogP contribution in [0.4, 0.5) is 5.82 Å². The molecule has 1 unspecified atom stereocenters. The van der Waals surface area contributed by atoms with Gasteiger partial charge in [-0.15, -0.1) is 0 Å². The molecule has 0 fully saturated rings. The van der Waals surface area contributed by atoms with Crippen LogP contribution < -0.4 is 17.0 Å². The smallest absolute Gasteiger partial charge is 0.126 e. The molecule has 0 radical (unpaired) electrons. The van der Waals surface area contributed by atoms with Gasteiger partial charge in [0.2, 0.25) is 0 Å². The SMILES string of the molecule is NNC(Cc1cccnc1N)c1ccccc1. The number of anilines is 1. The summed E-state index contributed by atoms with van der Waals surface area (Å²) >= 11 is 0. The largest absolute Gasteiger partial charge is 0.383 e. The third-order valence-electron chi connectivity index (χ3n) is 2.75. The standard InChI is InChI=1S/C13H16N4/c14-13-11(7-4-8-16-13)9-12(17-15)10-5-2-1-3-6-10/h1-8,12,17H,9,15H2,(H2,14,16). The van der Waals surface area contributed by atoms with Gasteiger partial charge in [0.05, 0.1) is 6.04 Å². The summed E-state index contributed by atoms with van der Waals surface area (Å²) in [4.78, 5) is 4.07. The lowest BCUT2D eigenvalue weighted by Gasteiger charge is -2.16. The lowest BCUT2D eigenvalue weighted by atomic mass is 10.00. The molecule has 4 nitrogen and oxygen atoms in total. The second-order valence-corrected chi connectivity index (χ2v) is 3.88. The highest BCUT2D eigenvalue weighted by Gasteiger charge is 2.11. The highest BCUT2D eigenvalue weighted by atomic mass is 15.2. The fourth-order valence-corrected chi connectivity index (χ4v) is 1.80. The fraction of sp³-hybridized carbons (Fsp3) is 0.154.